The average Bonchev–Trinajstić information content (AvgIpc) is 3.14. The summed E-state index contributed by atoms with van der Waals surface area (Å²) in [5.41, 5.74) is 0. The first-order chi connectivity index (χ1) is 11.7. The lowest BCUT2D eigenvalue weighted by Gasteiger charge is -2.37. The van der Waals surface area contributed by atoms with Gasteiger partial charge in [-0.2, -0.15) is 0 Å². The van der Waals surface area contributed by atoms with Crippen LogP contribution in [0, 0.1) is 0 Å². The molecule has 1 N–H and O–H groups in total. The molecule has 0 spiro atoms. The van der Waals surface area contributed by atoms with E-state index in [0.29, 0.717) is 6.04 Å². The maximum absolute atomic E-state index is 5.96. The van der Waals surface area contributed by atoms with E-state index in [1.165, 1.54) is 0 Å². The van der Waals surface area contributed by atoms with Gasteiger partial charge in [0.05, 0.1) is 19.3 Å². The standard InChI is InChI=1S/C18H36N4O2.HI/c1-5-19-18(20-13-15(4)21(6-2)7-3)22-10-12-24-17(14-22)16-9-8-11-23-16;/h15-17H,5-14H2,1-4H3,(H,19,20);1H. The molecular weight excluding hydrogens is 431 g/mol. The Labute approximate surface area is 170 Å². The van der Waals surface area contributed by atoms with Crippen molar-refractivity contribution in [3.8, 4) is 0 Å². The van der Waals surface area contributed by atoms with Crippen LogP contribution in [0.1, 0.15) is 40.5 Å². The number of hydrogen-bond acceptors (Lipinski definition) is 4. The molecule has 2 rings (SSSR count). The van der Waals surface area contributed by atoms with Crippen LogP contribution in [0.25, 0.3) is 0 Å². The molecule has 7 heteroatoms. The molecule has 0 aromatic rings. The second-order valence-corrected chi connectivity index (χ2v) is 6.67. The Morgan fingerprint density at radius 3 is 2.52 bits per heavy atom. The minimum atomic E-state index is 0. The second-order valence-electron chi connectivity index (χ2n) is 6.67. The first-order valence-electron chi connectivity index (χ1n) is 9.70. The highest BCUT2D eigenvalue weighted by Gasteiger charge is 2.32. The van der Waals surface area contributed by atoms with Crippen LogP contribution in [0.3, 0.4) is 0 Å². The van der Waals surface area contributed by atoms with Crippen LogP contribution in [0.5, 0.6) is 0 Å². The zero-order valence-corrected chi connectivity index (χ0v) is 18.7. The molecule has 2 fully saturated rings. The SMILES string of the molecule is CCNC(=NCC(C)N(CC)CC)N1CCOC(C2CCCO2)C1.I. The van der Waals surface area contributed by atoms with Crippen molar-refractivity contribution in [1.82, 2.24) is 15.1 Å². The van der Waals surface area contributed by atoms with E-state index in [2.05, 4.69) is 42.8 Å². The van der Waals surface area contributed by atoms with Crippen molar-refractivity contribution in [2.24, 2.45) is 4.99 Å². The normalized spacial score (nSPS) is 25.8. The predicted molar refractivity (Wildman–Crippen MR) is 114 cm³/mol. The Bertz CT molecular complexity index is 387. The molecule has 0 aromatic heterocycles. The quantitative estimate of drug-likeness (QED) is 0.353. The number of nitrogens with zero attached hydrogens (tertiary/aromatic N) is 3. The van der Waals surface area contributed by atoms with Crippen LogP contribution >= 0.6 is 24.0 Å². The second kappa shape index (κ2) is 12.3. The van der Waals surface area contributed by atoms with Gasteiger partial charge in [-0.05, 0) is 39.8 Å². The van der Waals surface area contributed by atoms with Gasteiger partial charge < -0.3 is 19.7 Å². The highest BCUT2D eigenvalue weighted by molar-refractivity contribution is 14.0. The van der Waals surface area contributed by atoms with Gasteiger partial charge in [-0.25, -0.2) is 0 Å². The van der Waals surface area contributed by atoms with Crippen molar-refractivity contribution in [3.63, 3.8) is 0 Å². The van der Waals surface area contributed by atoms with Crippen LogP contribution < -0.4 is 5.32 Å². The summed E-state index contributed by atoms with van der Waals surface area (Å²) in [7, 11) is 0. The van der Waals surface area contributed by atoms with Gasteiger partial charge in [0, 0.05) is 32.3 Å². The lowest BCUT2D eigenvalue weighted by molar-refractivity contribution is -0.0817. The molecule has 0 saturated carbocycles. The lowest BCUT2D eigenvalue weighted by Crippen LogP contribution is -2.53. The van der Waals surface area contributed by atoms with Gasteiger partial charge in [-0.1, -0.05) is 13.8 Å². The van der Waals surface area contributed by atoms with E-state index in [0.717, 1.165) is 71.3 Å². The fourth-order valence-electron chi connectivity index (χ4n) is 3.60. The summed E-state index contributed by atoms with van der Waals surface area (Å²) in [5.74, 6) is 1.02. The number of aliphatic imine (C=N–C) groups is 1. The van der Waals surface area contributed by atoms with Crippen LogP contribution in [-0.4, -0.2) is 86.5 Å². The van der Waals surface area contributed by atoms with Crippen LogP contribution in [0.15, 0.2) is 4.99 Å². The van der Waals surface area contributed by atoms with Gasteiger partial charge in [-0.15, -0.1) is 24.0 Å². The molecule has 0 radical (unpaired) electrons. The summed E-state index contributed by atoms with van der Waals surface area (Å²) in [6.45, 7) is 16.1. The van der Waals surface area contributed by atoms with Crippen molar-refractivity contribution in [1.29, 1.82) is 0 Å². The maximum atomic E-state index is 5.96. The van der Waals surface area contributed by atoms with Crippen molar-refractivity contribution in [3.05, 3.63) is 0 Å². The fourth-order valence-corrected chi connectivity index (χ4v) is 3.60. The molecule has 25 heavy (non-hydrogen) atoms. The third-order valence-corrected chi connectivity index (χ3v) is 5.05. The van der Waals surface area contributed by atoms with Crippen LogP contribution in [-0.2, 0) is 9.47 Å². The van der Waals surface area contributed by atoms with E-state index < -0.39 is 0 Å². The number of ether oxygens (including phenoxy) is 2. The number of nitrogens with one attached hydrogen (secondary N) is 1. The summed E-state index contributed by atoms with van der Waals surface area (Å²) < 4.78 is 11.8. The Hall–Kier alpha value is -0.120. The first-order valence-corrected chi connectivity index (χ1v) is 9.70. The molecule has 3 atom stereocenters. The van der Waals surface area contributed by atoms with E-state index in [-0.39, 0.29) is 36.2 Å². The zero-order valence-electron chi connectivity index (χ0n) is 16.4. The van der Waals surface area contributed by atoms with E-state index in [1.807, 2.05) is 0 Å². The largest absolute Gasteiger partial charge is 0.375 e. The number of rotatable bonds is 7. The molecule has 0 bridgehead atoms. The highest BCUT2D eigenvalue weighted by Crippen LogP contribution is 2.21. The predicted octanol–water partition coefficient (Wildman–Crippen LogP) is 2.18. The monoisotopic (exact) mass is 468 g/mol. The third kappa shape index (κ3) is 6.84. The molecule has 2 aliphatic rings. The van der Waals surface area contributed by atoms with Gasteiger partial charge in [-0.3, -0.25) is 9.89 Å². The highest BCUT2D eigenvalue weighted by atomic mass is 127. The van der Waals surface area contributed by atoms with Gasteiger partial charge in [0.2, 0.25) is 0 Å². The number of morpholine rings is 1. The van der Waals surface area contributed by atoms with Crippen LogP contribution in [0.4, 0.5) is 0 Å². The lowest BCUT2D eigenvalue weighted by atomic mass is 10.1. The van der Waals surface area contributed by atoms with Gasteiger partial charge in [0.25, 0.3) is 0 Å². The third-order valence-electron chi connectivity index (χ3n) is 5.05. The Morgan fingerprint density at radius 2 is 1.92 bits per heavy atom. The minimum Gasteiger partial charge on any atom is -0.375 e. The molecule has 6 nitrogen and oxygen atoms in total. The van der Waals surface area contributed by atoms with Gasteiger partial charge >= 0.3 is 0 Å². The average molecular weight is 468 g/mol. The summed E-state index contributed by atoms with van der Waals surface area (Å²) in [4.78, 5) is 9.70. The van der Waals surface area contributed by atoms with Crippen molar-refractivity contribution >= 4 is 29.9 Å². The van der Waals surface area contributed by atoms with Crippen molar-refractivity contribution in [2.45, 2.75) is 58.8 Å². The fraction of sp³-hybridized carbons (Fsp3) is 0.944. The van der Waals surface area contributed by atoms with E-state index in [1.54, 1.807) is 0 Å². The van der Waals surface area contributed by atoms with Gasteiger partial charge in [0.1, 0.15) is 6.10 Å². The van der Waals surface area contributed by atoms with Gasteiger partial charge in [0.15, 0.2) is 5.96 Å². The molecule has 2 saturated heterocycles. The molecule has 148 valence electrons. The number of likely N-dealkylation sites (N-methyl/N-ethyl adjacent to an activating group) is 1. The number of guanidine groups is 1. The van der Waals surface area contributed by atoms with Crippen LogP contribution in [0.2, 0.25) is 0 Å². The molecule has 0 aromatic carbocycles. The summed E-state index contributed by atoms with van der Waals surface area (Å²) >= 11 is 0. The molecule has 0 aliphatic carbocycles. The maximum Gasteiger partial charge on any atom is 0.194 e. The van der Waals surface area contributed by atoms with E-state index in [4.69, 9.17) is 14.5 Å². The Morgan fingerprint density at radius 1 is 1.20 bits per heavy atom. The summed E-state index contributed by atoms with van der Waals surface area (Å²) in [6.07, 6.45) is 2.70. The molecular formula is C18H37IN4O2. The Balaban J connectivity index is 0.00000312. The molecule has 2 heterocycles. The zero-order chi connectivity index (χ0) is 17.4. The smallest absolute Gasteiger partial charge is 0.194 e. The minimum absolute atomic E-state index is 0. The molecule has 3 unspecified atom stereocenters. The number of halogens is 1. The Kier molecular flexibility index (Phi) is 11.3. The number of hydrogen-bond donors (Lipinski definition) is 1. The van der Waals surface area contributed by atoms with E-state index in [9.17, 15) is 0 Å². The molecule has 2 aliphatic heterocycles. The van der Waals surface area contributed by atoms with E-state index >= 15 is 0 Å². The summed E-state index contributed by atoms with van der Waals surface area (Å²) in [6, 6.07) is 0.462. The topological polar surface area (TPSA) is 49.3 Å². The molecule has 0 amide bonds. The summed E-state index contributed by atoms with van der Waals surface area (Å²) in [5, 5.41) is 3.45. The van der Waals surface area contributed by atoms with Crippen molar-refractivity contribution < 1.29 is 9.47 Å². The van der Waals surface area contributed by atoms with Crippen molar-refractivity contribution in [2.75, 3.05) is 52.5 Å². The first kappa shape index (κ1) is 22.9.